The van der Waals surface area contributed by atoms with Gasteiger partial charge in [0.25, 0.3) is 0 Å². The van der Waals surface area contributed by atoms with Crippen molar-refractivity contribution in [1.29, 1.82) is 0 Å². The van der Waals surface area contributed by atoms with Crippen LogP contribution in [0.25, 0.3) is 33.4 Å². The van der Waals surface area contributed by atoms with E-state index < -0.39 is 46.5 Å². The highest BCUT2D eigenvalue weighted by atomic mass is 19.3. The van der Waals surface area contributed by atoms with Crippen molar-refractivity contribution in [3.8, 4) is 39.1 Å². The first-order valence-corrected chi connectivity index (χ1v) is 13.6. The van der Waals surface area contributed by atoms with Crippen molar-refractivity contribution < 1.29 is 35.5 Å². The van der Waals surface area contributed by atoms with Gasteiger partial charge in [-0.2, -0.15) is 8.78 Å². The van der Waals surface area contributed by atoms with Gasteiger partial charge in [-0.05, 0) is 83.0 Å². The molecular formula is C35H23F7O. The van der Waals surface area contributed by atoms with Gasteiger partial charge in [-0.3, -0.25) is 0 Å². The molecule has 0 saturated heterocycles. The van der Waals surface area contributed by atoms with E-state index in [9.17, 15) is 22.0 Å². The second kappa shape index (κ2) is 11.2. The molecule has 5 aromatic carbocycles. The highest BCUT2D eigenvalue weighted by molar-refractivity contribution is 5.71. The van der Waals surface area contributed by atoms with Crippen molar-refractivity contribution in [3.63, 3.8) is 0 Å². The van der Waals surface area contributed by atoms with Crippen LogP contribution in [0.15, 0.2) is 97.1 Å². The molecule has 0 aromatic heterocycles. The summed E-state index contributed by atoms with van der Waals surface area (Å²) in [7, 11) is 0. The molecule has 0 unspecified atom stereocenters. The van der Waals surface area contributed by atoms with Gasteiger partial charge in [0, 0.05) is 17.2 Å². The molecule has 43 heavy (non-hydrogen) atoms. The summed E-state index contributed by atoms with van der Waals surface area (Å²) in [6.07, 6.45) is -1.76. The first-order valence-electron chi connectivity index (χ1n) is 13.6. The number of rotatable bonds is 7. The zero-order chi connectivity index (χ0) is 30.3. The predicted octanol–water partition coefficient (Wildman–Crippen LogP) is 10.8. The molecule has 5 aromatic rings. The van der Waals surface area contributed by atoms with Crippen molar-refractivity contribution >= 4 is 0 Å². The third kappa shape index (κ3) is 5.61. The Labute approximate surface area is 243 Å². The van der Waals surface area contributed by atoms with Crippen LogP contribution >= 0.6 is 0 Å². The van der Waals surface area contributed by atoms with Crippen LogP contribution in [0.3, 0.4) is 0 Å². The minimum absolute atomic E-state index is 0.0586. The van der Waals surface area contributed by atoms with Gasteiger partial charge in [0.1, 0.15) is 40.4 Å². The van der Waals surface area contributed by atoms with Crippen LogP contribution in [-0.4, -0.2) is 0 Å². The van der Waals surface area contributed by atoms with Crippen molar-refractivity contribution in [1.82, 2.24) is 0 Å². The summed E-state index contributed by atoms with van der Waals surface area (Å²) in [5.74, 6) is -6.20. The molecule has 0 heterocycles. The molecule has 6 rings (SSSR count). The summed E-state index contributed by atoms with van der Waals surface area (Å²) in [6, 6.07) is 21.1. The van der Waals surface area contributed by atoms with E-state index in [1.807, 2.05) is 0 Å². The Morgan fingerprint density at radius 3 is 1.72 bits per heavy atom. The lowest BCUT2D eigenvalue weighted by Gasteiger charge is -2.26. The number of hydrogen-bond acceptors (Lipinski definition) is 1. The predicted molar refractivity (Wildman–Crippen MR) is 150 cm³/mol. The lowest BCUT2D eigenvalue weighted by atomic mass is 9.79. The van der Waals surface area contributed by atoms with Gasteiger partial charge in [0.15, 0.2) is 0 Å². The number of hydrogen-bond donors (Lipinski definition) is 0. The molecule has 0 spiro atoms. The Kier molecular flexibility index (Phi) is 7.46. The number of alkyl halides is 2. The monoisotopic (exact) mass is 592 g/mol. The average molecular weight is 593 g/mol. The summed E-state index contributed by atoms with van der Waals surface area (Å²) in [5.41, 5.74) is -0.261. The maximum absolute atomic E-state index is 15.0. The molecule has 0 aliphatic heterocycles. The highest BCUT2D eigenvalue weighted by Crippen LogP contribution is 2.41. The normalized spacial score (nSPS) is 13.6. The molecule has 1 saturated carbocycles. The Morgan fingerprint density at radius 2 is 1.12 bits per heavy atom. The van der Waals surface area contributed by atoms with E-state index in [4.69, 9.17) is 0 Å². The lowest BCUT2D eigenvalue weighted by molar-refractivity contribution is -0.189. The average Bonchev–Trinajstić information content (AvgIpc) is 2.93. The number of benzene rings is 5. The number of halogens is 7. The summed E-state index contributed by atoms with van der Waals surface area (Å²) in [5, 5.41) is 0. The smallest absolute Gasteiger partial charge is 0.429 e. The van der Waals surface area contributed by atoms with Gasteiger partial charge in [-0.1, -0.05) is 61.0 Å². The molecule has 218 valence electrons. The highest BCUT2D eigenvalue weighted by Gasteiger charge is 2.41. The van der Waals surface area contributed by atoms with Crippen LogP contribution in [0.5, 0.6) is 5.75 Å². The van der Waals surface area contributed by atoms with Crippen LogP contribution in [0.4, 0.5) is 30.7 Å². The minimum Gasteiger partial charge on any atom is -0.429 e. The third-order valence-corrected chi connectivity index (χ3v) is 7.76. The van der Waals surface area contributed by atoms with E-state index in [0.717, 1.165) is 37.0 Å². The molecule has 0 N–H and O–H groups in total. The van der Waals surface area contributed by atoms with Crippen LogP contribution in [-0.2, 0) is 6.11 Å². The maximum atomic E-state index is 15.0. The van der Waals surface area contributed by atoms with Gasteiger partial charge in [-0.25, -0.2) is 22.0 Å². The van der Waals surface area contributed by atoms with Gasteiger partial charge < -0.3 is 4.74 Å². The molecule has 8 heteroatoms. The molecule has 1 nitrogen and oxygen atoms in total. The Bertz CT molecular complexity index is 1790. The fraction of sp³-hybridized carbons (Fsp3) is 0.143. The fourth-order valence-corrected chi connectivity index (χ4v) is 5.30. The standard InChI is InChI=1S/C35H23F7O/c36-29-15-22(20-5-2-1-3-6-20)9-12-28(29)24-17-32(39)34(33(40)18-24)35(41,42)43-25-11-14-27(31(38)19-25)23-10-13-26(30(37)16-23)21-7-4-8-21/h1-3,5-6,9-19,21H,4,7-8H2. The van der Waals surface area contributed by atoms with E-state index in [1.165, 1.54) is 18.2 Å². The summed E-state index contributed by atoms with van der Waals surface area (Å²) >= 11 is 0. The lowest BCUT2D eigenvalue weighted by Crippen LogP contribution is -2.25. The van der Waals surface area contributed by atoms with Gasteiger partial charge in [0.05, 0.1) is 0 Å². The first kappa shape index (κ1) is 28.5. The van der Waals surface area contributed by atoms with Gasteiger partial charge in [0.2, 0.25) is 0 Å². The van der Waals surface area contributed by atoms with Crippen molar-refractivity contribution in [3.05, 3.63) is 137 Å². The van der Waals surface area contributed by atoms with E-state index in [1.54, 1.807) is 48.5 Å². The zero-order valence-corrected chi connectivity index (χ0v) is 22.5. The molecule has 1 aliphatic carbocycles. The van der Waals surface area contributed by atoms with Crippen molar-refractivity contribution in [2.45, 2.75) is 31.3 Å². The molecular weight excluding hydrogens is 569 g/mol. The molecule has 1 fully saturated rings. The summed E-state index contributed by atoms with van der Waals surface area (Å²) in [6.45, 7) is 0. The molecule has 0 atom stereocenters. The third-order valence-electron chi connectivity index (χ3n) is 7.76. The van der Waals surface area contributed by atoms with Crippen LogP contribution in [0, 0.1) is 29.1 Å². The van der Waals surface area contributed by atoms with Crippen LogP contribution < -0.4 is 4.74 Å². The summed E-state index contributed by atoms with van der Waals surface area (Å²) in [4.78, 5) is 0. The first-order chi connectivity index (χ1) is 20.6. The molecule has 0 bridgehead atoms. The van der Waals surface area contributed by atoms with Crippen LogP contribution in [0.2, 0.25) is 0 Å². The van der Waals surface area contributed by atoms with E-state index >= 15 is 8.78 Å². The van der Waals surface area contributed by atoms with Gasteiger partial charge in [-0.15, -0.1) is 0 Å². The molecule has 0 amide bonds. The number of ether oxygens (including phenoxy) is 1. The Balaban J connectivity index is 1.24. The van der Waals surface area contributed by atoms with E-state index in [2.05, 4.69) is 4.74 Å². The second-order valence-electron chi connectivity index (χ2n) is 10.5. The molecule has 0 radical (unpaired) electrons. The minimum atomic E-state index is -4.55. The zero-order valence-electron chi connectivity index (χ0n) is 22.5. The largest absolute Gasteiger partial charge is 0.432 e. The van der Waals surface area contributed by atoms with Crippen molar-refractivity contribution in [2.24, 2.45) is 0 Å². The van der Waals surface area contributed by atoms with E-state index in [0.29, 0.717) is 29.3 Å². The maximum Gasteiger partial charge on any atom is 0.432 e. The van der Waals surface area contributed by atoms with E-state index in [-0.39, 0.29) is 28.2 Å². The fourth-order valence-electron chi connectivity index (χ4n) is 5.30. The Hall–Kier alpha value is -4.59. The van der Waals surface area contributed by atoms with Crippen LogP contribution in [0.1, 0.15) is 36.3 Å². The topological polar surface area (TPSA) is 9.23 Å². The van der Waals surface area contributed by atoms with Gasteiger partial charge >= 0.3 is 6.11 Å². The van der Waals surface area contributed by atoms with Crippen molar-refractivity contribution in [2.75, 3.05) is 0 Å². The molecule has 1 aliphatic rings. The SMILES string of the molecule is Fc1cc(OC(F)(F)c2c(F)cc(-c3ccc(-c4ccccc4)cc3F)cc2F)ccc1-c1ccc(C2CCC2)c(F)c1. The Morgan fingerprint density at radius 1 is 0.535 bits per heavy atom. The second-order valence-corrected chi connectivity index (χ2v) is 10.5. The quantitative estimate of drug-likeness (QED) is 0.171. The summed E-state index contributed by atoms with van der Waals surface area (Å²) < 4.78 is 109.